The van der Waals surface area contributed by atoms with Crippen molar-refractivity contribution in [3.63, 3.8) is 0 Å². The number of β-amino-alcohol motifs (C(OH)–C–C–N with tert-alkyl or cyclic N) is 1. The van der Waals surface area contributed by atoms with Crippen molar-refractivity contribution in [3.8, 4) is 11.4 Å². The molecule has 1 aliphatic heterocycles. The number of H-pyrrole nitrogens is 1. The van der Waals surface area contributed by atoms with Crippen molar-refractivity contribution in [2.24, 2.45) is 0 Å². The zero-order chi connectivity index (χ0) is 29.7. The number of aliphatic hydroxyl groups is 1. The van der Waals surface area contributed by atoms with Gasteiger partial charge in [0.2, 0.25) is 18.1 Å². The summed E-state index contributed by atoms with van der Waals surface area (Å²) < 4.78 is 37.5. The van der Waals surface area contributed by atoms with Crippen molar-refractivity contribution in [1.82, 2.24) is 24.9 Å². The molecule has 5 rings (SSSR count). The van der Waals surface area contributed by atoms with Gasteiger partial charge >= 0.3 is 17.0 Å². The van der Waals surface area contributed by atoms with Crippen molar-refractivity contribution in [3.05, 3.63) is 69.7 Å². The zero-order valence-electron chi connectivity index (χ0n) is 21.7. The van der Waals surface area contributed by atoms with Crippen molar-refractivity contribution in [1.29, 1.82) is 0 Å². The van der Waals surface area contributed by atoms with Crippen LogP contribution in [-0.2, 0) is 16.0 Å². The SMILES string of the molecule is CN(C(=O)Cc1ccc2sc(=O)[nH]c2c1)[C@H](CN1CC[C@H](O)C1)c1cccc(-c2ncon2)c1.O=C(O)C(F)(F)F. The number of aliphatic carboxylic acids is 1. The van der Waals surface area contributed by atoms with Gasteiger partial charge in [0, 0.05) is 32.2 Å². The molecule has 1 saturated heterocycles. The van der Waals surface area contributed by atoms with Crippen molar-refractivity contribution < 1.29 is 37.5 Å². The number of carbonyl (C=O) groups is 2. The van der Waals surface area contributed by atoms with E-state index in [4.69, 9.17) is 14.4 Å². The quantitative estimate of drug-likeness (QED) is 0.293. The molecule has 0 radical (unpaired) electrons. The molecule has 15 heteroatoms. The second-order valence-corrected chi connectivity index (χ2v) is 10.4. The molecule has 1 fully saturated rings. The number of amides is 1. The van der Waals surface area contributed by atoms with Crippen LogP contribution in [0.5, 0.6) is 0 Å². The van der Waals surface area contributed by atoms with E-state index in [2.05, 4.69) is 20.0 Å². The summed E-state index contributed by atoms with van der Waals surface area (Å²) in [6.45, 7) is 1.98. The van der Waals surface area contributed by atoms with Crippen LogP contribution in [0.25, 0.3) is 21.6 Å². The molecule has 3 heterocycles. The van der Waals surface area contributed by atoms with Gasteiger partial charge in [-0.3, -0.25) is 14.5 Å². The number of carboxylic acids is 1. The average Bonchev–Trinajstić information content (AvgIpc) is 3.67. The minimum Gasteiger partial charge on any atom is -0.475 e. The molecule has 0 spiro atoms. The number of rotatable bonds is 7. The first-order chi connectivity index (χ1) is 19.4. The monoisotopic (exact) mass is 593 g/mol. The number of hydrogen-bond acceptors (Lipinski definition) is 9. The van der Waals surface area contributed by atoms with Gasteiger partial charge in [-0.15, -0.1) is 0 Å². The van der Waals surface area contributed by atoms with Crippen LogP contribution < -0.4 is 4.87 Å². The Morgan fingerprint density at radius 1 is 1.27 bits per heavy atom. The lowest BCUT2D eigenvalue weighted by Crippen LogP contribution is -2.39. The van der Waals surface area contributed by atoms with Gasteiger partial charge in [-0.1, -0.05) is 40.8 Å². The summed E-state index contributed by atoms with van der Waals surface area (Å²) in [5.41, 5.74) is 3.36. The van der Waals surface area contributed by atoms with E-state index in [0.29, 0.717) is 18.9 Å². The van der Waals surface area contributed by atoms with E-state index in [0.717, 1.165) is 51.2 Å². The standard InChI is InChI=1S/C24H25N5O4S.C2HF3O2/c1-28(22(31)10-15-5-6-21-19(9-15)26-24(32)34-21)20(13-29-8-7-18(30)12-29)16-3-2-4-17(11-16)23-25-14-33-27-23;3-2(4,5)1(6)7/h2-6,9,11,14,18,20,30H,7-8,10,12-13H2,1H3,(H,26,32);(H,6,7)/t18-,20+;/m0./s1. The van der Waals surface area contributed by atoms with E-state index >= 15 is 0 Å². The number of aromatic nitrogens is 3. The third kappa shape index (κ3) is 7.77. The Balaban J connectivity index is 0.000000493. The maximum absolute atomic E-state index is 13.4. The fourth-order valence-electron chi connectivity index (χ4n) is 4.44. The molecule has 3 N–H and O–H groups in total. The Bertz CT molecular complexity index is 1550. The molecule has 2 atom stereocenters. The summed E-state index contributed by atoms with van der Waals surface area (Å²) in [6.07, 6.45) is -3.19. The summed E-state index contributed by atoms with van der Waals surface area (Å²) in [6, 6.07) is 13.2. The molecule has 218 valence electrons. The molecule has 0 bridgehead atoms. The van der Waals surface area contributed by atoms with Gasteiger partial charge in [0.05, 0.1) is 28.8 Å². The molecule has 11 nitrogen and oxygen atoms in total. The number of alkyl halides is 3. The van der Waals surface area contributed by atoms with E-state index in [-0.39, 0.29) is 29.3 Å². The van der Waals surface area contributed by atoms with Crippen molar-refractivity contribution >= 4 is 33.4 Å². The Morgan fingerprint density at radius 3 is 2.66 bits per heavy atom. The lowest BCUT2D eigenvalue weighted by atomic mass is 10.0. The van der Waals surface area contributed by atoms with Gasteiger partial charge in [-0.2, -0.15) is 18.2 Å². The largest absolute Gasteiger partial charge is 0.490 e. The summed E-state index contributed by atoms with van der Waals surface area (Å²) in [4.78, 5) is 44.7. The zero-order valence-corrected chi connectivity index (χ0v) is 22.5. The molecule has 41 heavy (non-hydrogen) atoms. The van der Waals surface area contributed by atoms with Crippen LogP contribution in [0.4, 0.5) is 13.2 Å². The van der Waals surface area contributed by atoms with Gasteiger partial charge in [0.1, 0.15) is 0 Å². The highest BCUT2D eigenvalue weighted by Crippen LogP contribution is 2.27. The average molecular weight is 594 g/mol. The van der Waals surface area contributed by atoms with Crippen LogP contribution >= 0.6 is 11.3 Å². The molecule has 0 aliphatic carbocycles. The minimum absolute atomic E-state index is 0.0355. The van der Waals surface area contributed by atoms with E-state index in [1.807, 2.05) is 49.5 Å². The number of fused-ring (bicyclic) bond motifs is 1. The number of likely N-dealkylation sites (N-methyl/N-ethyl adjacent to an activating group) is 1. The van der Waals surface area contributed by atoms with Crippen LogP contribution in [-0.4, -0.2) is 86.0 Å². The summed E-state index contributed by atoms with van der Waals surface area (Å²) in [5.74, 6) is -2.30. The lowest BCUT2D eigenvalue weighted by Gasteiger charge is -2.32. The number of carbonyl (C=O) groups excluding carboxylic acids is 1. The van der Waals surface area contributed by atoms with Gasteiger partial charge in [-0.25, -0.2) is 4.79 Å². The van der Waals surface area contributed by atoms with Crippen LogP contribution in [0.2, 0.25) is 0 Å². The second-order valence-electron chi connectivity index (χ2n) is 9.43. The summed E-state index contributed by atoms with van der Waals surface area (Å²) >= 11 is 1.16. The Morgan fingerprint density at radius 2 is 2.02 bits per heavy atom. The van der Waals surface area contributed by atoms with E-state index in [9.17, 15) is 27.9 Å². The molecular formula is C26H26F3N5O6S. The molecule has 2 aromatic carbocycles. The van der Waals surface area contributed by atoms with E-state index in [1.165, 1.54) is 6.39 Å². The number of thiazole rings is 1. The Hall–Kier alpha value is -4.08. The molecule has 2 aromatic heterocycles. The first-order valence-corrected chi connectivity index (χ1v) is 13.2. The number of nitrogens with zero attached hydrogens (tertiary/aromatic N) is 4. The number of likely N-dealkylation sites (tertiary alicyclic amines) is 1. The number of nitrogens with one attached hydrogen (secondary N) is 1. The van der Waals surface area contributed by atoms with Crippen molar-refractivity contribution in [2.45, 2.75) is 31.2 Å². The highest BCUT2D eigenvalue weighted by atomic mass is 32.1. The number of aliphatic hydroxyl groups excluding tert-OH is 1. The molecule has 1 aliphatic rings. The van der Waals surface area contributed by atoms with Crippen molar-refractivity contribution in [2.75, 3.05) is 26.7 Å². The van der Waals surface area contributed by atoms with E-state index < -0.39 is 12.1 Å². The first kappa shape index (κ1) is 29.9. The molecule has 1 amide bonds. The molecular weight excluding hydrogens is 567 g/mol. The fourth-order valence-corrected chi connectivity index (χ4v) is 5.16. The maximum atomic E-state index is 13.4. The second kappa shape index (κ2) is 12.6. The van der Waals surface area contributed by atoms with Gasteiger partial charge in [0.15, 0.2) is 0 Å². The predicted octanol–water partition coefficient (Wildman–Crippen LogP) is 3.08. The van der Waals surface area contributed by atoms with E-state index in [1.54, 1.807) is 4.90 Å². The maximum Gasteiger partial charge on any atom is 0.490 e. The highest BCUT2D eigenvalue weighted by Gasteiger charge is 2.38. The highest BCUT2D eigenvalue weighted by molar-refractivity contribution is 7.16. The van der Waals surface area contributed by atoms with Gasteiger partial charge in [-0.05, 0) is 35.7 Å². The van der Waals surface area contributed by atoms with Gasteiger partial charge in [0.25, 0.3) is 0 Å². The first-order valence-electron chi connectivity index (χ1n) is 12.4. The Kier molecular flexibility index (Phi) is 9.20. The lowest BCUT2D eigenvalue weighted by molar-refractivity contribution is -0.192. The minimum atomic E-state index is -5.08. The van der Waals surface area contributed by atoms with Crippen LogP contribution in [0.15, 0.2) is 58.2 Å². The number of aromatic amines is 1. The molecule has 0 unspecified atom stereocenters. The fraction of sp³-hybridized carbons (Fsp3) is 0.346. The third-order valence-electron chi connectivity index (χ3n) is 6.51. The van der Waals surface area contributed by atoms with Crippen LogP contribution in [0.1, 0.15) is 23.6 Å². The summed E-state index contributed by atoms with van der Waals surface area (Å²) in [7, 11) is 1.81. The molecule has 4 aromatic rings. The molecule has 0 saturated carbocycles. The predicted molar refractivity (Wildman–Crippen MR) is 142 cm³/mol. The number of halogens is 3. The number of hydrogen-bond donors (Lipinski definition) is 3. The van der Waals surface area contributed by atoms with Crippen LogP contribution in [0.3, 0.4) is 0 Å². The third-order valence-corrected chi connectivity index (χ3v) is 7.38. The summed E-state index contributed by atoms with van der Waals surface area (Å²) in [5, 5.41) is 21.1. The number of benzene rings is 2. The van der Waals surface area contributed by atoms with Gasteiger partial charge < -0.3 is 24.6 Å². The van der Waals surface area contributed by atoms with Crippen LogP contribution in [0, 0.1) is 0 Å². The normalized spacial score (nSPS) is 16.3. The smallest absolute Gasteiger partial charge is 0.475 e. The Labute approximate surface area is 234 Å². The number of carboxylic acid groups (broad SMARTS) is 1. The topological polar surface area (TPSA) is 153 Å².